The van der Waals surface area contributed by atoms with Crippen LogP contribution in [0.4, 0.5) is 5.69 Å². The fraction of sp³-hybridized carbons (Fsp3) is 0.0909. The molecule has 1 amide bonds. The van der Waals surface area contributed by atoms with E-state index < -0.39 is 10.8 Å². The van der Waals surface area contributed by atoms with Crippen LogP contribution in [0.5, 0.6) is 11.5 Å². The molecule has 8 nitrogen and oxygen atoms in total. The lowest BCUT2D eigenvalue weighted by Crippen LogP contribution is -2.21. The van der Waals surface area contributed by atoms with Gasteiger partial charge in [-0.05, 0) is 29.9 Å². The Labute approximate surface area is 117 Å². The van der Waals surface area contributed by atoms with Gasteiger partial charge in [0, 0.05) is 6.07 Å². The van der Waals surface area contributed by atoms with Crippen LogP contribution in [0.3, 0.4) is 0 Å². The van der Waals surface area contributed by atoms with E-state index in [9.17, 15) is 14.9 Å². The number of nitro groups is 1. The van der Waals surface area contributed by atoms with Crippen LogP contribution >= 0.6 is 12.2 Å². The Bertz CT molecular complexity index is 685. The number of hydrogen-bond acceptors (Lipinski definition) is 6. The molecule has 0 unspecified atom stereocenters. The SMILES string of the molecule is O=C1NC(=S)N/C1=C\c1cc2c(c([N+](=O)[O-])c1)OCO2. The average Bonchev–Trinajstić information content (AvgIpc) is 2.95. The summed E-state index contributed by atoms with van der Waals surface area (Å²) < 4.78 is 10.2. The highest BCUT2D eigenvalue weighted by Gasteiger charge is 2.27. The lowest BCUT2D eigenvalue weighted by molar-refractivity contribution is -0.385. The molecule has 0 saturated carbocycles. The molecule has 2 heterocycles. The molecule has 102 valence electrons. The molecule has 1 saturated heterocycles. The molecular formula is C11H7N3O5S. The standard InChI is InChI=1S/C11H7N3O5S/c15-10-6(12-11(20)13-10)1-5-2-7(14(16)17)9-8(3-5)18-4-19-9/h1-3H,4H2,(H2,12,13,15,20)/b6-1-. The van der Waals surface area contributed by atoms with Crippen LogP contribution in [0.25, 0.3) is 6.08 Å². The monoisotopic (exact) mass is 293 g/mol. The molecule has 1 aromatic carbocycles. The summed E-state index contributed by atoms with van der Waals surface area (Å²) in [5, 5.41) is 16.2. The minimum absolute atomic E-state index is 0.0704. The molecule has 0 spiro atoms. The number of carbonyl (C=O) groups excluding carboxylic acids is 1. The second-order valence-corrected chi connectivity index (χ2v) is 4.41. The van der Waals surface area contributed by atoms with Gasteiger partial charge in [-0.15, -0.1) is 0 Å². The van der Waals surface area contributed by atoms with Gasteiger partial charge in [0.2, 0.25) is 12.5 Å². The zero-order valence-corrected chi connectivity index (χ0v) is 10.7. The van der Waals surface area contributed by atoms with E-state index in [0.29, 0.717) is 5.56 Å². The van der Waals surface area contributed by atoms with E-state index in [-0.39, 0.29) is 34.8 Å². The van der Waals surface area contributed by atoms with Crippen LogP contribution in [0.15, 0.2) is 17.8 Å². The minimum Gasteiger partial charge on any atom is -0.453 e. The highest BCUT2D eigenvalue weighted by molar-refractivity contribution is 7.80. The third-order valence-corrected chi connectivity index (χ3v) is 2.91. The second kappa shape index (κ2) is 4.46. The molecule has 2 aliphatic rings. The summed E-state index contributed by atoms with van der Waals surface area (Å²) in [4.78, 5) is 22.0. The first-order valence-electron chi connectivity index (χ1n) is 5.46. The normalized spacial score (nSPS) is 18.1. The molecule has 9 heteroatoms. The third kappa shape index (κ3) is 2.03. The number of nitrogens with zero attached hydrogens (tertiary/aromatic N) is 1. The van der Waals surface area contributed by atoms with Gasteiger partial charge in [-0.2, -0.15) is 0 Å². The Morgan fingerprint density at radius 3 is 2.80 bits per heavy atom. The maximum Gasteiger partial charge on any atom is 0.315 e. The fourth-order valence-electron chi connectivity index (χ4n) is 1.88. The number of nitrogens with one attached hydrogen (secondary N) is 2. The van der Waals surface area contributed by atoms with Crippen molar-refractivity contribution >= 4 is 35.0 Å². The summed E-state index contributed by atoms with van der Waals surface area (Å²) in [6.07, 6.45) is 1.45. The number of thiocarbonyl (C=S) groups is 1. The summed E-state index contributed by atoms with van der Waals surface area (Å²) in [7, 11) is 0. The molecule has 0 bridgehead atoms. The van der Waals surface area contributed by atoms with Crippen LogP contribution in [0.1, 0.15) is 5.56 Å². The predicted octanol–water partition coefficient (Wildman–Crippen LogP) is 0.669. The minimum atomic E-state index is -0.567. The first kappa shape index (κ1) is 12.4. The average molecular weight is 293 g/mol. The first-order chi connectivity index (χ1) is 9.54. The number of carbonyl (C=O) groups is 1. The maximum absolute atomic E-state index is 11.5. The van der Waals surface area contributed by atoms with E-state index in [4.69, 9.17) is 21.7 Å². The van der Waals surface area contributed by atoms with Crippen LogP contribution < -0.4 is 20.1 Å². The molecule has 1 fully saturated rings. The van der Waals surface area contributed by atoms with Crippen LogP contribution in [-0.2, 0) is 4.79 Å². The van der Waals surface area contributed by atoms with Crippen molar-refractivity contribution in [3.8, 4) is 11.5 Å². The number of fused-ring (bicyclic) bond motifs is 1. The van der Waals surface area contributed by atoms with E-state index in [1.54, 1.807) is 6.07 Å². The lowest BCUT2D eigenvalue weighted by Gasteiger charge is -2.01. The number of hydrogen-bond donors (Lipinski definition) is 2. The van der Waals surface area contributed by atoms with Crippen molar-refractivity contribution in [3.05, 3.63) is 33.5 Å². The van der Waals surface area contributed by atoms with Gasteiger partial charge >= 0.3 is 5.69 Å². The molecule has 2 aliphatic heterocycles. The van der Waals surface area contributed by atoms with Crippen molar-refractivity contribution in [1.82, 2.24) is 10.6 Å². The number of amides is 1. The van der Waals surface area contributed by atoms with Crippen molar-refractivity contribution in [3.63, 3.8) is 0 Å². The van der Waals surface area contributed by atoms with Crippen molar-refractivity contribution in [2.45, 2.75) is 0 Å². The molecule has 0 radical (unpaired) electrons. The zero-order chi connectivity index (χ0) is 14.3. The molecule has 0 aromatic heterocycles. The molecule has 0 atom stereocenters. The van der Waals surface area contributed by atoms with Crippen LogP contribution in [0, 0.1) is 10.1 Å². The summed E-state index contributed by atoms with van der Waals surface area (Å²) in [5.41, 5.74) is 0.430. The third-order valence-electron chi connectivity index (χ3n) is 2.70. The number of ether oxygens (including phenoxy) is 2. The topological polar surface area (TPSA) is 103 Å². The highest BCUT2D eigenvalue weighted by Crippen LogP contribution is 2.41. The summed E-state index contributed by atoms with van der Waals surface area (Å²) in [6.45, 7) is -0.0704. The van der Waals surface area contributed by atoms with Crippen LogP contribution in [-0.4, -0.2) is 22.7 Å². The van der Waals surface area contributed by atoms with Gasteiger partial charge in [-0.1, -0.05) is 0 Å². The van der Waals surface area contributed by atoms with Gasteiger partial charge in [0.1, 0.15) is 5.70 Å². The van der Waals surface area contributed by atoms with Crippen molar-refractivity contribution in [2.75, 3.05) is 6.79 Å². The van der Waals surface area contributed by atoms with Crippen molar-refractivity contribution in [2.24, 2.45) is 0 Å². The Balaban J connectivity index is 2.05. The highest BCUT2D eigenvalue weighted by atomic mass is 32.1. The Morgan fingerprint density at radius 1 is 1.35 bits per heavy atom. The smallest absolute Gasteiger partial charge is 0.315 e. The largest absolute Gasteiger partial charge is 0.453 e. The number of benzene rings is 1. The zero-order valence-electron chi connectivity index (χ0n) is 9.84. The van der Waals surface area contributed by atoms with Gasteiger partial charge in [0.05, 0.1) is 4.92 Å². The fourth-order valence-corrected chi connectivity index (χ4v) is 2.08. The van der Waals surface area contributed by atoms with Gasteiger partial charge in [0.25, 0.3) is 5.91 Å². The van der Waals surface area contributed by atoms with E-state index >= 15 is 0 Å². The molecule has 1 aromatic rings. The molecular weight excluding hydrogens is 286 g/mol. The van der Waals surface area contributed by atoms with Crippen molar-refractivity contribution < 1.29 is 19.2 Å². The lowest BCUT2D eigenvalue weighted by atomic mass is 10.1. The predicted molar refractivity (Wildman–Crippen MR) is 71.1 cm³/mol. The Hall–Kier alpha value is -2.68. The molecule has 20 heavy (non-hydrogen) atoms. The van der Waals surface area contributed by atoms with Crippen LogP contribution in [0.2, 0.25) is 0 Å². The van der Waals surface area contributed by atoms with Gasteiger partial charge < -0.3 is 14.8 Å². The maximum atomic E-state index is 11.5. The summed E-state index contributed by atoms with van der Waals surface area (Å²) >= 11 is 4.80. The number of nitro benzene ring substituents is 1. The van der Waals surface area contributed by atoms with Gasteiger partial charge in [-0.3, -0.25) is 20.2 Å². The van der Waals surface area contributed by atoms with E-state index in [0.717, 1.165) is 0 Å². The molecule has 2 N–H and O–H groups in total. The van der Waals surface area contributed by atoms with Crippen molar-refractivity contribution in [1.29, 1.82) is 0 Å². The summed E-state index contributed by atoms with van der Waals surface area (Å²) in [5.74, 6) is -0.0288. The first-order valence-corrected chi connectivity index (χ1v) is 5.87. The Kier molecular flexibility index (Phi) is 2.75. The van der Waals surface area contributed by atoms with Gasteiger partial charge in [-0.25, -0.2) is 0 Å². The Morgan fingerprint density at radius 2 is 2.15 bits per heavy atom. The quantitative estimate of drug-likeness (QED) is 0.357. The second-order valence-electron chi connectivity index (χ2n) is 4.00. The number of rotatable bonds is 2. The van der Waals surface area contributed by atoms with E-state index in [1.165, 1.54) is 12.1 Å². The van der Waals surface area contributed by atoms with E-state index in [1.807, 2.05) is 0 Å². The molecule has 0 aliphatic carbocycles. The molecule has 3 rings (SSSR count). The summed E-state index contributed by atoms with van der Waals surface area (Å²) in [6, 6.07) is 2.86. The van der Waals surface area contributed by atoms with E-state index in [2.05, 4.69) is 10.6 Å². The van der Waals surface area contributed by atoms with Gasteiger partial charge in [0.15, 0.2) is 10.9 Å².